The summed E-state index contributed by atoms with van der Waals surface area (Å²) in [6, 6.07) is 11.1. The van der Waals surface area contributed by atoms with E-state index in [0.717, 1.165) is 11.3 Å². The molecular formula is C13H13NO3S2. The highest BCUT2D eigenvalue weighted by Crippen LogP contribution is 2.33. The average molecular weight is 295 g/mol. The first-order valence-corrected chi connectivity index (χ1v) is 8.28. The second-order valence-electron chi connectivity index (χ2n) is 4.33. The summed E-state index contributed by atoms with van der Waals surface area (Å²) >= 11 is 1.22. The fourth-order valence-corrected chi connectivity index (χ4v) is 4.22. The molecule has 0 saturated heterocycles. The lowest BCUT2D eigenvalue weighted by Gasteiger charge is -2.10. The predicted octanol–water partition coefficient (Wildman–Crippen LogP) is 2.20. The molecule has 1 atom stereocenters. The third-order valence-corrected chi connectivity index (χ3v) is 5.90. The van der Waals surface area contributed by atoms with Crippen LogP contribution in [0, 0.1) is 0 Å². The Morgan fingerprint density at radius 2 is 2.11 bits per heavy atom. The molecule has 100 valence electrons. The van der Waals surface area contributed by atoms with Crippen molar-refractivity contribution >= 4 is 21.4 Å². The number of ether oxygens (including phenoxy) is 1. The highest BCUT2D eigenvalue weighted by atomic mass is 32.2. The number of hydrogen-bond donors (Lipinski definition) is 1. The van der Waals surface area contributed by atoms with Crippen LogP contribution in [-0.4, -0.2) is 21.6 Å². The Labute approximate surface area is 116 Å². The standard InChI is InChI=1S/C13H13NO3S2/c15-19(16,13-6-3-7-18-13)14-8-10-9-17-12-5-2-1-4-11(10)12/h1-7,10,14H,8-9H2. The Balaban J connectivity index is 1.72. The fraction of sp³-hybridized carbons (Fsp3) is 0.231. The fourth-order valence-electron chi connectivity index (χ4n) is 2.10. The zero-order valence-corrected chi connectivity index (χ0v) is 11.7. The number of benzene rings is 1. The van der Waals surface area contributed by atoms with Gasteiger partial charge in [0.1, 0.15) is 9.96 Å². The van der Waals surface area contributed by atoms with E-state index < -0.39 is 10.0 Å². The molecule has 2 aromatic rings. The van der Waals surface area contributed by atoms with Gasteiger partial charge >= 0.3 is 0 Å². The van der Waals surface area contributed by atoms with E-state index in [0.29, 0.717) is 17.4 Å². The Kier molecular flexibility index (Phi) is 3.30. The molecule has 19 heavy (non-hydrogen) atoms. The first-order valence-electron chi connectivity index (χ1n) is 5.92. The van der Waals surface area contributed by atoms with E-state index >= 15 is 0 Å². The molecule has 1 aliphatic rings. The van der Waals surface area contributed by atoms with Gasteiger partial charge in [-0.1, -0.05) is 24.3 Å². The van der Waals surface area contributed by atoms with Gasteiger partial charge in [0, 0.05) is 18.0 Å². The van der Waals surface area contributed by atoms with E-state index in [9.17, 15) is 8.42 Å². The van der Waals surface area contributed by atoms with E-state index in [1.54, 1.807) is 17.5 Å². The largest absolute Gasteiger partial charge is 0.493 e. The zero-order valence-electron chi connectivity index (χ0n) is 10.1. The predicted molar refractivity (Wildman–Crippen MR) is 74.2 cm³/mol. The summed E-state index contributed by atoms with van der Waals surface area (Å²) in [4.78, 5) is 0. The van der Waals surface area contributed by atoms with E-state index in [2.05, 4.69) is 4.72 Å². The van der Waals surface area contributed by atoms with Gasteiger partial charge in [0.2, 0.25) is 10.0 Å². The molecule has 0 aliphatic carbocycles. The first-order chi connectivity index (χ1) is 9.17. The Hall–Kier alpha value is -1.37. The number of para-hydroxylation sites is 1. The highest BCUT2D eigenvalue weighted by molar-refractivity contribution is 7.91. The normalized spacial score (nSPS) is 18.0. The second kappa shape index (κ2) is 4.96. The molecule has 0 spiro atoms. The zero-order chi connectivity index (χ0) is 13.3. The lowest BCUT2D eigenvalue weighted by molar-refractivity contribution is 0.330. The topological polar surface area (TPSA) is 55.4 Å². The number of thiophene rings is 1. The van der Waals surface area contributed by atoms with Crippen LogP contribution in [0.3, 0.4) is 0 Å². The highest BCUT2D eigenvalue weighted by Gasteiger charge is 2.25. The van der Waals surface area contributed by atoms with Gasteiger partial charge in [0.05, 0.1) is 6.61 Å². The van der Waals surface area contributed by atoms with Crippen LogP contribution in [0.1, 0.15) is 11.5 Å². The van der Waals surface area contributed by atoms with Crippen molar-refractivity contribution in [1.82, 2.24) is 4.72 Å². The molecule has 0 saturated carbocycles. The molecule has 1 aliphatic heterocycles. The van der Waals surface area contributed by atoms with Gasteiger partial charge in [-0.2, -0.15) is 0 Å². The van der Waals surface area contributed by atoms with Crippen LogP contribution in [0.5, 0.6) is 5.75 Å². The van der Waals surface area contributed by atoms with Crippen molar-refractivity contribution in [2.24, 2.45) is 0 Å². The van der Waals surface area contributed by atoms with Crippen molar-refractivity contribution in [1.29, 1.82) is 0 Å². The summed E-state index contributed by atoms with van der Waals surface area (Å²) in [5.74, 6) is 0.925. The third kappa shape index (κ3) is 2.51. The summed E-state index contributed by atoms with van der Waals surface area (Å²) in [5.41, 5.74) is 1.07. The molecule has 0 bridgehead atoms. The van der Waals surface area contributed by atoms with Crippen molar-refractivity contribution < 1.29 is 13.2 Å². The van der Waals surface area contributed by atoms with Crippen molar-refractivity contribution in [3.63, 3.8) is 0 Å². The van der Waals surface area contributed by atoms with Crippen LogP contribution in [0.4, 0.5) is 0 Å². The number of sulfonamides is 1. The van der Waals surface area contributed by atoms with Crippen LogP contribution in [0.15, 0.2) is 46.0 Å². The maximum absolute atomic E-state index is 12.0. The van der Waals surface area contributed by atoms with Crippen molar-refractivity contribution in [2.45, 2.75) is 10.1 Å². The van der Waals surface area contributed by atoms with Crippen molar-refractivity contribution in [3.8, 4) is 5.75 Å². The van der Waals surface area contributed by atoms with Gasteiger partial charge in [0.25, 0.3) is 0 Å². The quantitative estimate of drug-likeness (QED) is 0.941. The van der Waals surface area contributed by atoms with E-state index in [1.807, 2.05) is 24.3 Å². The molecule has 0 radical (unpaired) electrons. The van der Waals surface area contributed by atoms with E-state index in [4.69, 9.17) is 4.74 Å². The maximum atomic E-state index is 12.0. The van der Waals surface area contributed by atoms with Crippen LogP contribution in [-0.2, 0) is 10.0 Å². The van der Waals surface area contributed by atoms with Crippen LogP contribution >= 0.6 is 11.3 Å². The number of fused-ring (bicyclic) bond motifs is 1. The third-order valence-electron chi connectivity index (χ3n) is 3.08. The minimum Gasteiger partial charge on any atom is -0.493 e. The maximum Gasteiger partial charge on any atom is 0.250 e. The average Bonchev–Trinajstić information content (AvgIpc) is 3.07. The summed E-state index contributed by atoms with van der Waals surface area (Å²) in [5, 5.41) is 1.75. The summed E-state index contributed by atoms with van der Waals surface area (Å²) in [6.07, 6.45) is 0. The van der Waals surface area contributed by atoms with Gasteiger partial charge in [-0.3, -0.25) is 0 Å². The minimum atomic E-state index is -3.39. The van der Waals surface area contributed by atoms with Gasteiger partial charge in [-0.05, 0) is 17.5 Å². The molecule has 3 rings (SSSR count). The Bertz CT molecular complexity index is 665. The minimum absolute atomic E-state index is 0.0749. The molecule has 1 unspecified atom stereocenters. The van der Waals surface area contributed by atoms with Crippen molar-refractivity contribution in [3.05, 3.63) is 47.3 Å². The monoisotopic (exact) mass is 295 g/mol. The number of nitrogens with one attached hydrogen (secondary N) is 1. The summed E-state index contributed by atoms with van der Waals surface area (Å²) in [7, 11) is -3.39. The summed E-state index contributed by atoms with van der Waals surface area (Å²) in [6.45, 7) is 0.879. The van der Waals surface area contributed by atoms with E-state index in [-0.39, 0.29) is 5.92 Å². The molecule has 0 fully saturated rings. The lowest BCUT2D eigenvalue weighted by atomic mass is 10.0. The lowest BCUT2D eigenvalue weighted by Crippen LogP contribution is -2.28. The molecule has 1 aromatic carbocycles. The first kappa shape index (κ1) is 12.7. The SMILES string of the molecule is O=S(=O)(NCC1COc2ccccc21)c1cccs1. The van der Waals surface area contributed by atoms with Crippen LogP contribution < -0.4 is 9.46 Å². The number of rotatable bonds is 4. The van der Waals surface area contributed by atoms with Gasteiger partial charge in [0.15, 0.2) is 0 Å². The van der Waals surface area contributed by atoms with Crippen LogP contribution in [0.25, 0.3) is 0 Å². The second-order valence-corrected chi connectivity index (χ2v) is 7.27. The Morgan fingerprint density at radius 1 is 1.26 bits per heavy atom. The Morgan fingerprint density at radius 3 is 2.89 bits per heavy atom. The van der Waals surface area contributed by atoms with Crippen molar-refractivity contribution in [2.75, 3.05) is 13.2 Å². The molecule has 2 heterocycles. The van der Waals surface area contributed by atoms with Crippen LogP contribution in [0.2, 0.25) is 0 Å². The molecule has 0 amide bonds. The molecule has 1 aromatic heterocycles. The molecule has 1 N–H and O–H groups in total. The smallest absolute Gasteiger partial charge is 0.250 e. The number of hydrogen-bond acceptors (Lipinski definition) is 4. The molecule has 6 heteroatoms. The molecule has 4 nitrogen and oxygen atoms in total. The summed E-state index contributed by atoms with van der Waals surface area (Å²) < 4.78 is 32.6. The molecular weight excluding hydrogens is 282 g/mol. The van der Waals surface area contributed by atoms with Gasteiger partial charge in [-0.25, -0.2) is 13.1 Å². The van der Waals surface area contributed by atoms with E-state index in [1.165, 1.54) is 11.3 Å². The van der Waals surface area contributed by atoms with Gasteiger partial charge < -0.3 is 4.74 Å². The van der Waals surface area contributed by atoms with Gasteiger partial charge in [-0.15, -0.1) is 11.3 Å².